The molecule has 3 rings (SSSR count). The maximum atomic E-state index is 11.5. The number of alkyl halides is 1. The molecule has 0 amide bonds. The van der Waals surface area contributed by atoms with Gasteiger partial charge in [-0.2, -0.15) is 0 Å². The van der Waals surface area contributed by atoms with Crippen LogP contribution in [0.5, 0.6) is 0 Å². The molecular weight excluding hydrogens is 232 g/mol. The third-order valence-electron chi connectivity index (χ3n) is 4.77. The van der Waals surface area contributed by atoms with Gasteiger partial charge in [-0.25, -0.2) is 8.42 Å². The zero-order chi connectivity index (χ0) is 10.7. The Morgan fingerprint density at radius 3 is 2.40 bits per heavy atom. The quantitative estimate of drug-likeness (QED) is 0.702. The largest absolute Gasteiger partial charge is 0.229 e. The Bertz CT molecular complexity index is 366. The lowest BCUT2D eigenvalue weighted by Gasteiger charge is -2.34. The van der Waals surface area contributed by atoms with Crippen molar-refractivity contribution in [1.29, 1.82) is 0 Å². The van der Waals surface area contributed by atoms with E-state index in [-0.39, 0.29) is 5.41 Å². The van der Waals surface area contributed by atoms with Crippen LogP contribution in [-0.2, 0) is 9.84 Å². The van der Waals surface area contributed by atoms with E-state index >= 15 is 0 Å². The van der Waals surface area contributed by atoms with Gasteiger partial charge >= 0.3 is 0 Å². The van der Waals surface area contributed by atoms with Gasteiger partial charge in [-0.15, -0.1) is 11.6 Å². The normalized spacial score (nSPS) is 51.7. The maximum Gasteiger partial charge on any atom is 0.150 e. The minimum absolute atomic E-state index is 0.179. The van der Waals surface area contributed by atoms with Crippen molar-refractivity contribution >= 4 is 21.4 Å². The standard InChI is InChI=1S/C11H17ClO2S/c12-7-11(4-8-3-9(8)5-11)10-1-2-15(13,14)6-10/h8-10H,1-7H2. The summed E-state index contributed by atoms with van der Waals surface area (Å²) in [6.45, 7) is 0. The number of rotatable bonds is 2. The highest BCUT2D eigenvalue weighted by Crippen LogP contribution is 2.63. The van der Waals surface area contributed by atoms with E-state index in [2.05, 4.69) is 0 Å². The van der Waals surface area contributed by atoms with Gasteiger partial charge in [0.2, 0.25) is 0 Å². The molecule has 2 aliphatic carbocycles. The maximum absolute atomic E-state index is 11.5. The topological polar surface area (TPSA) is 34.1 Å². The fourth-order valence-corrected chi connectivity index (χ4v) is 6.15. The van der Waals surface area contributed by atoms with E-state index in [1.807, 2.05) is 0 Å². The Balaban J connectivity index is 1.80. The first-order chi connectivity index (χ1) is 7.05. The van der Waals surface area contributed by atoms with Crippen molar-refractivity contribution in [3.05, 3.63) is 0 Å². The average Bonchev–Trinajstić information content (AvgIpc) is 2.63. The SMILES string of the molecule is O=S1(=O)CCC(C2(CCl)CC3CC3C2)C1. The van der Waals surface area contributed by atoms with Crippen LogP contribution in [0.15, 0.2) is 0 Å². The fraction of sp³-hybridized carbons (Fsp3) is 1.00. The smallest absolute Gasteiger partial charge is 0.150 e. The summed E-state index contributed by atoms with van der Waals surface area (Å²) < 4.78 is 23.0. The molecule has 0 spiro atoms. The number of sulfone groups is 1. The molecule has 0 aromatic carbocycles. The summed E-state index contributed by atoms with van der Waals surface area (Å²) in [5.74, 6) is 3.58. The van der Waals surface area contributed by atoms with Crippen LogP contribution in [-0.4, -0.2) is 25.8 Å². The van der Waals surface area contributed by atoms with E-state index in [1.165, 1.54) is 19.3 Å². The van der Waals surface area contributed by atoms with Gasteiger partial charge in [0.25, 0.3) is 0 Å². The number of hydrogen-bond donors (Lipinski definition) is 0. The van der Waals surface area contributed by atoms with Gasteiger partial charge in [0.15, 0.2) is 9.84 Å². The summed E-state index contributed by atoms with van der Waals surface area (Å²) in [5.41, 5.74) is 0.179. The van der Waals surface area contributed by atoms with Gasteiger partial charge in [-0.3, -0.25) is 0 Å². The molecule has 86 valence electrons. The molecule has 2 nitrogen and oxygen atoms in total. The molecule has 3 atom stereocenters. The third kappa shape index (κ3) is 1.62. The molecule has 3 aliphatic rings. The van der Waals surface area contributed by atoms with E-state index in [9.17, 15) is 8.42 Å². The Hall–Kier alpha value is 0.240. The van der Waals surface area contributed by atoms with Crippen LogP contribution in [0.3, 0.4) is 0 Å². The van der Waals surface area contributed by atoms with Crippen molar-refractivity contribution in [2.24, 2.45) is 23.2 Å². The first kappa shape index (κ1) is 10.4. The highest BCUT2D eigenvalue weighted by atomic mass is 35.5. The average molecular weight is 249 g/mol. The van der Waals surface area contributed by atoms with Gasteiger partial charge in [0, 0.05) is 5.88 Å². The predicted molar refractivity (Wildman–Crippen MR) is 60.7 cm³/mol. The van der Waals surface area contributed by atoms with Crippen LogP contribution in [0.25, 0.3) is 0 Å². The summed E-state index contributed by atoms with van der Waals surface area (Å²) in [6, 6.07) is 0. The van der Waals surface area contributed by atoms with Crippen molar-refractivity contribution in [2.75, 3.05) is 17.4 Å². The molecule has 3 fully saturated rings. The lowest BCUT2D eigenvalue weighted by atomic mass is 9.73. The van der Waals surface area contributed by atoms with Crippen LogP contribution >= 0.6 is 11.6 Å². The molecule has 0 aromatic rings. The molecule has 15 heavy (non-hydrogen) atoms. The molecule has 0 radical (unpaired) electrons. The van der Waals surface area contributed by atoms with Crippen molar-refractivity contribution in [1.82, 2.24) is 0 Å². The Labute approximate surface area is 96.3 Å². The molecule has 2 saturated carbocycles. The minimum Gasteiger partial charge on any atom is -0.229 e. The van der Waals surface area contributed by atoms with E-state index in [1.54, 1.807) is 0 Å². The minimum atomic E-state index is -2.74. The highest BCUT2D eigenvalue weighted by Gasteiger charge is 2.57. The number of fused-ring (bicyclic) bond motifs is 1. The molecule has 0 aromatic heterocycles. The monoisotopic (exact) mass is 248 g/mol. The molecule has 1 saturated heterocycles. The van der Waals surface area contributed by atoms with Crippen LogP contribution in [0.4, 0.5) is 0 Å². The van der Waals surface area contributed by atoms with Crippen molar-refractivity contribution < 1.29 is 8.42 Å². The third-order valence-corrected chi connectivity index (χ3v) is 7.07. The number of hydrogen-bond acceptors (Lipinski definition) is 2. The molecule has 0 bridgehead atoms. The van der Waals surface area contributed by atoms with E-state index in [0.29, 0.717) is 23.3 Å². The summed E-state index contributed by atoms with van der Waals surface area (Å²) in [7, 11) is -2.74. The van der Waals surface area contributed by atoms with Gasteiger partial charge in [-0.1, -0.05) is 0 Å². The van der Waals surface area contributed by atoms with E-state index in [4.69, 9.17) is 11.6 Å². The second kappa shape index (κ2) is 3.13. The van der Waals surface area contributed by atoms with Gasteiger partial charge < -0.3 is 0 Å². The fourth-order valence-electron chi connectivity index (χ4n) is 3.77. The summed E-state index contributed by atoms with van der Waals surface area (Å²) in [6.07, 6.45) is 4.62. The highest BCUT2D eigenvalue weighted by molar-refractivity contribution is 7.91. The van der Waals surface area contributed by atoms with Crippen molar-refractivity contribution in [2.45, 2.75) is 25.7 Å². The van der Waals surface area contributed by atoms with Gasteiger partial charge in [-0.05, 0) is 48.9 Å². The van der Waals surface area contributed by atoms with Crippen LogP contribution in [0.2, 0.25) is 0 Å². The Kier molecular flexibility index (Phi) is 2.17. The van der Waals surface area contributed by atoms with Crippen LogP contribution < -0.4 is 0 Å². The summed E-state index contributed by atoms with van der Waals surface area (Å²) in [5, 5.41) is 0. The molecule has 1 heterocycles. The predicted octanol–water partition coefficient (Wildman–Crippen LogP) is 2.08. The molecule has 0 N–H and O–H groups in total. The first-order valence-electron chi connectivity index (χ1n) is 5.81. The van der Waals surface area contributed by atoms with E-state index < -0.39 is 9.84 Å². The Morgan fingerprint density at radius 2 is 1.93 bits per heavy atom. The zero-order valence-corrected chi connectivity index (χ0v) is 10.4. The Morgan fingerprint density at radius 1 is 1.27 bits per heavy atom. The van der Waals surface area contributed by atoms with Gasteiger partial charge in [0.05, 0.1) is 11.5 Å². The molecule has 1 aliphatic heterocycles. The van der Waals surface area contributed by atoms with E-state index in [0.717, 1.165) is 18.3 Å². The van der Waals surface area contributed by atoms with Crippen molar-refractivity contribution in [3.8, 4) is 0 Å². The lowest BCUT2D eigenvalue weighted by molar-refractivity contribution is 0.196. The van der Waals surface area contributed by atoms with Crippen molar-refractivity contribution in [3.63, 3.8) is 0 Å². The first-order valence-corrected chi connectivity index (χ1v) is 8.17. The van der Waals surface area contributed by atoms with Crippen LogP contribution in [0.1, 0.15) is 25.7 Å². The second-order valence-electron chi connectivity index (χ2n) is 5.76. The van der Waals surface area contributed by atoms with Gasteiger partial charge in [0.1, 0.15) is 0 Å². The zero-order valence-electron chi connectivity index (χ0n) is 8.78. The second-order valence-corrected chi connectivity index (χ2v) is 8.26. The number of halogens is 1. The molecular formula is C11H17ClO2S. The van der Waals surface area contributed by atoms with Crippen LogP contribution in [0, 0.1) is 23.2 Å². The summed E-state index contributed by atoms with van der Waals surface area (Å²) in [4.78, 5) is 0. The molecule has 3 unspecified atom stereocenters. The molecule has 4 heteroatoms. The summed E-state index contributed by atoms with van der Waals surface area (Å²) >= 11 is 6.13. The lowest BCUT2D eigenvalue weighted by Crippen LogP contribution is -2.32.